The van der Waals surface area contributed by atoms with Gasteiger partial charge in [0.1, 0.15) is 5.82 Å². The Hall–Kier alpha value is -3.95. The molecule has 1 aromatic heterocycles. The molecule has 0 radical (unpaired) electrons. The van der Waals surface area contributed by atoms with Gasteiger partial charge in [-0.3, -0.25) is 4.68 Å². The lowest BCUT2D eigenvalue weighted by atomic mass is 10.0. The first-order valence-corrected chi connectivity index (χ1v) is 9.68. The topological polar surface area (TPSA) is 78.9 Å². The summed E-state index contributed by atoms with van der Waals surface area (Å²) in [7, 11) is 0. The molecule has 0 spiro atoms. The van der Waals surface area contributed by atoms with Crippen LogP contribution >= 0.6 is 11.6 Å². The molecule has 4 aromatic rings. The van der Waals surface area contributed by atoms with Crippen LogP contribution in [-0.2, 0) is 6.54 Å². The van der Waals surface area contributed by atoms with Gasteiger partial charge in [0.25, 0.3) is 0 Å². The molecule has 0 saturated carbocycles. The summed E-state index contributed by atoms with van der Waals surface area (Å²) in [6.45, 7) is 0.403. The van der Waals surface area contributed by atoms with Gasteiger partial charge >= 0.3 is 5.97 Å². The van der Waals surface area contributed by atoms with E-state index in [4.69, 9.17) is 16.7 Å². The molecular formula is C24H15ClFN3O2. The van der Waals surface area contributed by atoms with Gasteiger partial charge < -0.3 is 5.11 Å². The molecule has 0 aliphatic rings. The Balaban J connectivity index is 1.78. The summed E-state index contributed by atoms with van der Waals surface area (Å²) in [5, 5.41) is 24.7. The van der Waals surface area contributed by atoms with Gasteiger partial charge in [-0.2, -0.15) is 10.4 Å². The van der Waals surface area contributed by atoms with Crippen LogP contribution in [0, 0.1) is 17.1 Å². The van der Waals surface area contributed by atoms with Crippen LogP contribution < -0.4 is 0 Å². The van der Waals surface area contributed by atoms with Crippen LogP contribution in [0.15, 0.2) is 66.7 Å². The van der Waals surface area contributed by atoms with Gasteiger partial charge in [-0.05, 0) is 59.7 Å². The first-order chi connectivity index (χ1) is 14.9. The van der Waals surface area contributed by atoms with Gasteiger partial charge in [0.05, 0.1) is 35.0 Å². The van der Waals surface area contributed by atoms with E-state index in [0.29, 0.717) is 28.4 Å². The van der Waals surface area contributed by atoms with E-state index in [1.807, 2.05) is 6.07 Å². The number of benzene rings is 3. The van der Waals surface area contributed by atoms with Crippen molar-refractivity contribution < 1.29 is 14.3 Å². The molecule has 5 nitrogen and oxygen atoms in total. The van der Waals surface area contributed by atoms with E-state index in [0.717, 1.165) is 16.5 Å². The summed E-state index contributed by atoms with van der Waals surface area (Å²) < 4.78 is 15.0. The minimum Gasteiger partial charge on any atom is -0.478 e. The highest BCUT2D eigenvalue weighted by atomic mass is 35.5. The van der Waals surface area contributed by atoms with Crippen molar-refractivity contribution in [3.63, 3.8) is 0 Å². The van der Waals surface area contributed by atoms with Crippen LogP contribution in [0.5, 0.6) is 0 Å². The van der Waals surface area contributed by atoms with E-state index < -0.39 is 5.97 Å². The number of carboxylic acid groups (broad SMARTS) is 1. The van der Waals surface area contributed by atoms with Crippen molar-refractivity contribution in [1.82, 2.24) is 9.78 Å². The van der Waals surface area contributed by atoms with E-state index in [9.17, 15) is 14.4 Å². The van der Waals surface area contributed by atoms with Crippen molar-refractivity contribution in [1.29, 1.82) is 5.26 Å². The molecule has 152 valence electrons. The highest BCUT2D eigenvalue weighted by Gasteiger charge is 2.12. The summed E-state index contributed by atoms with van der Waals surface area (Å²) in [5.41, 5.74) is 3.30. The van der Waals surface area contributed by atoms with Crippen LogP contribution in [0.2, 0.25) is 5.02 Å². The first kappa shape index (κ1) is 20.3. The van der Waals surface area contributed by atoms with Gasteiger partial charge in [-0.15, -0.1) is 0 Å². The first-order valence-electron chi connectivity index (χ1n) is 9.30. The number of fused-ring (bicyclic) bond motifs is 1. The zero-order chi connectivity index (χ0) is 22.0. The van der Waals surface area contributed by atoms with Gasteiger partial charge in [0.15, 0.2) is 0 Å². The summed E-state index contributed by atoms with van der Waals surface area (Å²) in [6.07, 6.45) is 1.66. The Morgan fingerprint density at radius 3 is 2.42 bits per heavy atom. The number of nitrogens with zero attached hydrogens (tertiary/aromatic N) is 3. The number of hydrogen-bond donors (Lipinski definition) is 1. The average molecular weight is 432 g/mol. The molecule has 0 amide bonds. The molecule has 3 aromatic carbocycles. The Morgan fingerprint density at radius 2 is 1.77 bits per heavy atom. The fourth-order valence-corrected chi connectivity index (χ4v) is 3.44. The lowest BCUT2D eigenvalue weighted by Gasteiger charge is -2.04. The van der Waals surface area contributed by atoms with Gasteiger partial charge in [-0.1, -0.05) is 35.9 Å². The van der Waals surface area contributed by atoms with E-state index in [2.05, 4.69) is 11.2 Å². The van der Waals surface area contributed by atoms with E-state index in [1.165, 1.54) is 24.3 Å². The molecule has 0 saturated heterocycles. The molecule has 0 bridgehead atoms. The SMILES string of the molecule is N#CC(=Cc1nn(Cc2ccc(F)cc2)c2cc(Cl)ccc12)c1ccc(C(=O)O)cc1. The zero-order valence-electron chi connectivity index (χ0n) is 16.1. The van der Waals surface area contributed by atoms with Gasteiger partial charge in [0, 0.05) is 10.4 Å². The smallest absolute Gasteiger partial charge is 0.335 e. The third kappa shape index (κ3) is 4.32. The maximum Gasteiger partial charge on any atom is 0.335 e. The van der Waals surface area contributed by atoms with E-state index in [1.54, 1.807) is 47.2 Å². The highest BCUT2D eigenvalue weighted by molar-refractivity contribution is 6.31. The second-order valence-electron chi connectivity index (χ2n) is 6.88. The van der Waals surface area contributed by atoms with Crippen molar-refractivity contribution in [3.8, 4) is 6.07 Å². The molecule has 1 N–H and O–H groups in total. The van der Waals surface area contributed by atoms with Crippen LogP contribution in [-0.4, -0.2) is 20.9 Å². The molecule has 0 atom stereocenters. The highest BCUT2D eigenvalue weighted by Crippen LogP contribution is 2.27. The van der Waals surface area contributed by atoms with Crippen molar-refractivity contribution in [2.45, 2.75) is 6.54 Å². The Labute approximate surface area is 182 Å². The third-order valence-corrected chi connectivity index (χ3v) is 5.07. The molecule has 31 heavy (non-hydrogen) atoms. The lowest BCUT2D eigenvalue weighted by molar-refractivity contribution is 0.0697. The number of hydrogen-bond acceptors (Lipinski definition) is 3. The van der Waals surface area contributed by atoms with Crippen LogP contribution in [0.25, 0.3) is 22.6 Å². The van der Waals surface area contributed by atoms with Crippen LogP contribution in [0.1, 0.15) is 27.2 Å². The summed E-state index contributed by atoms with van der Waals surface area (Å²) in [4.78, 5) is 11.1. The molecule has 0 unspecified atom stereocenters. The Kier molecular flexibility index (Phi) is 5.52. The summed E-state index contributed by atoms with van der Waals surface area (Å²) in [6, 6.07) is 19.8. The molecule has 7 heteroatoms. The molecule has 1 heterocycles. The second kappa shape index (κ2) is 8.42. The van der Waals surface area contributed by atoms with Gasteiger partial charge in [0.2, 0.25) is 0 Å². The second-order valence-corrected chi connectivity index (χ2v) is 7.32. The Morgan fingerprint density at radius 1 is 1.10 bits per heavy atom. The number of allylic oxidation sites excluding steroid dienone is 1. The minimum absolute atomic E-state index is 0.143. The summed E-state index contributed by atoms with van der Waals surface area (Å²) in [5.74, 6) is -1.34. The monoisotopic (exact) mass is 431 g/mol. The number of halogens is 2. The normalized spacial score (nSPS) is 11.5. The number of aromatic carboxylic acids is 1. The maximum absolute atomic E-state index is 13.2. The molecule has 0 aliphatic heterocycles. The number of rotatable bonds is 5. The maximum atomic E-state index is 13.2. The van der Waals surface area contributed by atoms with Crippen LogP contribution in [0.3, 0.4) is 0 Å². The summed E-state index contributed by atoms with van der Waals surface area (Å²) >= 11 is 6.19. The fourth-order valence-electron chi connectivity index (χ4n) is 3.27. The zero-order valence-corrected chi connectivity index (χ0v) is 16.8. The fraction of sp³-hybridized carbons (Fsp3) is 0.0417. The van der Waals surface area contributed by atoms with E-state index >= 15 is 0 Å². The van der Waals surface area contributed by atoms with Gasteiger partial charge in [-0.25, -0.2) is 9.18 Å². The van der Waals surface area contributed by atoms with Crippen LogP contribution in [0.4, 0.5) is 4.39 Å². The van der Waals surface area contributed by atoms with Crippen molar-refractivity contribution in [2.24, 2.45) is 0 Å². The molecular weight excluding hydrogens is 417 g/mol. The number of aromatic nitrogens is 2. The molecule has 4 rings (SSSR count). The van der Waals surface area contributed by atoms with E-state index in [-0.39, 0.29) is 11.4 Å². The predicted octanol–water partition coefficient (Wildman–Crippen LogP) is 5.64. The third-order valence-electron chi connectivity index (χ3n) is 4.83. The lowest BCUT2D eigenvalue weighted by Crippen LogP contribution is -2.02. The number of nitriles is 1. The van der Waals surface area contributed by atoms with Crippen molar-refractivity contribution in [2.75, 3.05) is 0 Å². The molecule has 0 fully saturated rings. The quantitative estimate of drug-likeness (QED) is 0.415. The standard InChI is InChI=1S/C24H15ClFN3O2/c25-19-7-10-21-22(11-18(13-27)16-3-5-17(6-4-16)24(30)31)28-29(23(21)12-19)14-15-1-8-20(26)9-2-15/h1-12H,14H2,(H,30,31). The molecule has 0 aliphatic carbocycles. The van der Waals surface area contributed by atoms with Crippen molar-refractivity contribution >= 4 is 40.1 Å². The predicted molar refractivity (Wildman–Crippen MR) is 117 cm³/mol. The number of carboxylic acids is 1. The Bertz CT molecular complexity index is 1350. The minimum atomic E-state index is -1.03. The number of carbonyl (C=O) groups is 1. The largest absolute Gasteiger partial charge is 0.478 e. The average Bonchev–Trinajstić information content (AvgIpc) is 3.09. The van der Waals surface area contributed by atoms with Crippen molar-refractivity contribution in [3.05, 3.63) is 100.0 Å².